The van der Waals surface area contributed by atoms with Crippen LogP contribution in [0.1, 0.15) is 32.1 Å². The van der Waals surface area contributed by atoms with Gasteiger partial charge < -0.3 is 5.11 Å². The van der Waals surface area contributed by atoms with E-state index in [1.807, 2.05) is 0 Å². The minimum absolute atomic E-state index is 0.0243. The molecule has 3 aliphatic rings. The molecular weight excluding hydrogens is 164 g/mol. The Morgan fingerprint density at radius 2 is 1.77 bits per heavy atom. The van der Waals surface area contributed by atoms with Crippen molar-refractivity contribution in [3.05, 3.63) is 12.2 Å². The van der Waals surface area contributed by atoms with Gasteiger partial charge in [-0.2, -0.15) is 0 Å². The van der Waals surface area contributed by atoms with Gasteiger partial charge in [-0.3, -0.25) is 4.79 Å². The molecule has 70 valence electrons. The van der Waals surface area contributed by atoms with Gasteiger partial charge in [0.2, 0.25) is 0 Å². The van der Waals surface area contributed by atoms with E-state index in [1.165, 1.54) is 6.42 Å². The van der Waals surface area contributed by atoms with Crippen molar-refractivity contribution in [1.82, 2.24) is 0 Å². The lowest BCUT2D eigenvalue weighted by Gasteiger charge is -2.18. The van der Waals surface area contributed by atoms with Crippen LogP contribution in [0.3, 0.4) is 0 Å². The minimum atomic E-state index is -0.552. The maximum Gasteiger partial charge on any atom is 0.307 e. The van der Waals surface area contributed by atoms with Gasteiger partial charge in [0, 0.05) is 0 Å². The molecule has 2 fully saturated rings. The Morgan fingerprint density at radius 1 is 1.23 bits per heavy atom. The fourth-order valence-electron chi connectivity index (χ4n) is 4.15. The van der Waals surface area contributed by atoms with Gasteiger partial charge in [0.05, 0.1) is 5.92 Å². The molecule has 2 saturated carbocycles. The van der Waals surface area contributed by atoms with Crippen LogP contribution >= 0.6 is 0 Å². The van der Waals surface area contributed by atoms with Crippen LogP contribution in [0.5, 0.6) is 0 Å². The molecule has 0 aromatic rings. The Kier molecular flexibility index (Phi) is 1.17. The first-order chi connectivity index (χ1) is 6.23. The van der Waals surface area contributed by atoms with Crippen molar-refractivity contribution in [3.63, 3.8) is 0 Å². The van der Waals surface area contributed by atoms with Gasteiger partial charge in [-0.15, -0.1) is 0 Å². The van der Waals surface area contributed by atoms with E-state index >= 15 is 0 Å². The molecule has 2 atom stereocenters. The number of hydrogen-bond acceptors (Lipinski definition) is 1. The minimum Gasteiger partial charge on any atom is -0.481 e. The number of aliphatic carboxylic acids is 1. The van der Waals surface area contributed by atoms with Gasteiger partial charge in [-0.1, -0.05) is 18.6 Å². The number of carbonyl (C=O) groups is 1. The van der Waals surface area contributed by atoms with E-state index in [1.54, 1.807) is 0 Å². The van der Waals surface area contributed by atoms with Crippen molar-refractivity contribution in [3.8, 4) is 0 Å². The topological polar surface area (TPSA) is 37.3 Å². The van der Waals surface area contributed by atoms with E-state index in [9.17, 15) is 4.79 Å². The smallest absolute Gasteiger partial charge is 0.307 e. The summed E-state index contributed by atoms with van der Waals surface area (Å²) in [7, 11) is 0. The second-order valence-electron chi connectivity index (χ2n) is 4.82. The first-order valence-electron chi connectivity index (χ1n) is 5.11. The third-order valence-corrected chi connectivity index (χ3v) is 4.64. The molecule has 2 nitrogen and oxygen atoms in total. The van der Waals surface area contributed by atoms with E-state index in [-0.39, 0.29) is 16.7 Å². The maximum absolute atomic E-state index is 11.1. The van der Waals surface area contributed by atoms with Gasteiger partial charge in [0.15, 0.2) is 0 Å². The molecule has 0 radical (unpaired) electrons. The van der Waals surface area contributed by atoms with Crippen molar-refractivity contribution in [2.45, 2.75) is 32.1 Å². The highest BCUT2D eigenvalue weighted by atomic mass is 16.4. The van der Waals surface area contributed by atoms with Crippen molar-refractivity contribution in [1.29, 1.82) is 0 Å². The molecule has 2 heteroatoms. The first-order valence-corrected chi connectivity index (χ1v) is 5.11. The van der Waals surface area contributed by atoms with E-state index in [0.717, 1.165) is 25.7 Å². The molecule has 2 unspecified atom stereocenters. The Morgan fingerprint density at radius 3 is 2.23 bits per heavy atom. The van der Waals surface area contributed by atoms with Gasteiger partial charge in [-0.05, 0) is 36.5 Å². The molecule has 13 heavy (non-hydrogen) atoms. The first kappa shape index (κ1) is 7.60. The highest BCUT2D eigenvalue weighted by Crippen LogP contribution is 2.82. The van der Waals surface area contributed by atoms with Crippen LogP contribution in [0, 0.1) is 16.7 Å². The average molecular weight is 178 g/mol. The summed E-state index contributed by atoms with van der Waals surface area (Å²) < 4.78 is 0. The molecule has 0 heterocycles. The Hall–Kier alpha value is -0.790. The summed E-state index contributed by atoms with van der Waals surface area (Å²) in [6.45, 7) is 0. The zero-order valence-corrected chi connectivity index (χ0v) is 7.62. The predicted molar refractivity (Wildman–Crippen MR) is 48.2 cm³/mol. The van der Waals surface area contributed by atoms with Crippen LogP contribution in [0.15, 0.2) is 12.2 Å². The largest absolute Gasteiger partial charge is 0.481 e. The zero-order valence-electron chi connectivity index (χ0n) is 7.62. The molecule has 0 amide bonds. The zero-order chi connectivity index (χ0) is 9.10. The quantitative estimate of drug-likeness (QED) is 0.625. The van der Waals surface area contributed by atoms with Gasteiger partial charge >= 0.3 is 5.97 Å². The number of rotatable bonds is 1. The molecule has 0 aliphatic heterocycles. The molecule has 0 spiro atoms. The van der Waals surface area contributed by atoms with Crippen LogP contribution in [0.4, 0.5) is 0 Å². The molecule has 0 saturated heterocycles. The second-order valence-corrected chi connectivity index (χ2v) is 4.82. The van der Waals surface area contributed by atoms with Gasteiger partial charge in [0.1, 0.15) is 0 Å². The van der Waals surface area contributed by atoms with Crippen molar-refractivity contribution in [2.75, 3.05) is 0 Å². The molecule has 3 aliphatic carbocycles. The lowest BCUT2D eigenvalue weighted by molar-refractivity contribution is -0.140. The van der Waals surface area contributed by atoms with Crippen LogP contribution in [0.2, 0.25) is 0 Å². The highest BCUT2D eigenvalue weighted by molar-refractivity contribution is 5.78. The van der Waals surface area contributed by atoms with Crippen LogP contribution in [-0.2, 0) is 4.79 Å². The lowest BCUT2D eigenvalue weighted by atomic mass is 9.86. The average Bonchev–Trinajstić information content (AvgIpc) is 2.50. The molecular formula is C11H14O2. The van der Waals surface area contributed by atoms with Crippen molar-refractivity contribution < 1.29 is 9.90 Å². The number of hydrogen-bond donors (Lipinski definition) is 1. The Labute approximate surface area is 77.6 Å². The maximum atomic E-state index is 11.1. The van der Waals surface area contributed by atoms with E-state index in [0.29, 0.717) is 0 Å². The van der Waals surface area contributed by atoms with Crippen LogP contribution in [0.25, 0.3) is 0 Å². The fourth-order valence-corrected chi connectivity index (χ4v) is 4.15. The summed E-state index contributed by atoms with van der Waals surface area (Å²) in [5.74, 6) is -0.577. The van der Waals surface area contributed by atoms with Gasteiger partial charge in [-0.25, -0.2) is 0 Å². The van der Waals surface area contributed by atoms with Gasteiger partial charge in [0.25, 0.3) is 0 Å². The third kappa shape index (κ3) is 0.618. The molecule has 0 aromatic carbocycles. The number of carboxylic acids is 1. The summed E-state index contributed by atoms with van der Waals surface area (Å²) >= 11 is 0. The molecule has 3 rings (SSSR count). The monoisotopic (exact) mass is 178 g/mol. The van der Waals surface area contributed by atoms with Crippen LogP contribution < -0.4 is 0 Å². The predicted octanol–water partition coefficient (Wildman–Crippen LogP) is 2.21. The number of allylic oxidation sites excluding steroid dienone is 2. The van der Waals surface area contributed by atoms with Crippen LogP contribution in [-0.4, -0.2) is 11.1 Å². The van der Waals surface area contributed by atoms with Crippen molar-refractivity contribution in [2.24, 2.45) is 16.7 Å². The molecule has 0 aromatic heterocycles. The number of carboxylic acid groups (broad SMARTS) is 1. The fraction of sp³-hybridized carbons (Fsp3) is 0.727. The van der Waals surface area contributed by atoms with Crippen molar-refractivity contribution >= 4 is 5.97 Å². The third-order valence-electron chi connectivity index (χ3n) is 4.64. The van der Waals surface area contributed by atoms with E-state index in [4.69, 9.17) is 5.11 Å². The van der Waals surface area contributed by atoms with E-state index in [2.05, 4.69) is 12.2 Å². The second kappa shape index (κ2) is 1.99. The standard InChI is InChI=1S/C11H14O2/c12-9(13)8-10-4-1-2-5-11(8,10)7-3-6-10/h1-2,8H,3-7H2,(H,12,13). The summed E-state index contributed by atoms with van der Waals surface area (Å²) in [6.07, 6.45) is 9.95. The SMILES string of the molecule is O=C(O)C1C23CC=CCC12CCC3. The highest BCUT2D eigenvalue weighted by Gasteiger charge is 2.79. The van der Waals surface area contributed by atoms with E-state index < -0.39 is 5.97 Å². The summed E-state index contributed by atoms with van der Waals surface area (Å²) in [5, 5.41) is 9.15. The summed E-state index contributed by atoms with van der Waals surface area (Å²) in [4.78, 5) is 11.1. The molecule has 0 bridgehead atoms. The Balaban J connectivity index is 2.02. The molecule has 1 N–H and O–H groups in total. The lowest BCUT2D eigenvalue weighted by Crippen LogP contribution is -2.09. The summed E-state index contributed by atoms with van der Waals surface area (Å²) in [6, 6.07) is 0. The normalized spacial score (nSPS) is 51.2. The Bertz CT molecular complexity index is 285. The summed E-state index contributed by atoms with van der Waals surface area (Å²) in [5.41, 5.74) is 0.376.